The molecule has 0 aliphatic heterocycles. The van der Waals surface area contributed by atoms with Gasteiger partial charge in [0, 0.05) is 11.6 Å². The third-order valence-electron chi connectivity index (χ3n) is 5.37. The highest BCUT2D eigenvalue weighted by Gasteiger charge is 2.63. The van der Waals surface area contributed by atoms with E-state index in [1.807, 2.05) is 6.92 Å². The van der Waals surface area contributed by atoms with E-state index in [2.05, 4.69) is 33.0 Å². The van der Waals surface area contributed by atoms with Crippen LogP contribution in [0.3, 0.4) is 0 Å². The summed E-state index contributed by atoms with van der Waals surface area (Å²) in [6.07, 6.45) is 0. The number of hydrogen-bond acceptors (Lipinski definition) is 1. The van der Waals surface area contributed by atoms with E-state index in [-0.39, 0.29) is 11.9 Å². The van der Waals surface area contributed by atoms with Crippen LogP contribution in [0.4, 0.5) is 8.78 Å². The molecule has 1 fully saturated rings. The highest BCUT2D eigenvalue weighted by molar-refractivity contribution is 5.22. The summed E-state index contributed by atoms with van der Waals surface area (Å²) in [5.41, 5.74) is 1.01. The zero-order valence-corrected chi connectivity index (χ0v) is 12.3. The van der Waals surface area contributed by atoms with Gasteiger partial charge in [0.15, 0.2) is 0 Å². The molecule has 0 spiro atoms. The first-order chi connectivity index (χ1) is 8.68. The fourth-order valence-electron chi connectivity index (χ4n) is 3.09. The molecule has 1 saturated carbocycles. The van der Waals surface area contributed by atoms with Gasteiger partial charge in [-0.3, -0.25) is 0 Å². The van der Waals surface area contributed by atoms with Crippen molar-refractivity contribution in [3.05, 3.63) is 35.4 Å². The second kappa shape index (κ2) is 4.55. The second-order valence-corrected chi connectivity index (χ2v) is 6.79. The van der Waals surface area contributed by atoms with Crippen molar-refractivity contribution in [2.45, 2.75) is 40.7 Å². The molecule has 1 unspecified atom stereocenters. The first-order valence-electron chi connectivity index (χ1n) is 6.86. The van der Waals surface area contributed by atoms with E-state index in [0.29, 0.717) is 22.3 Å². The molecular weight excluding hydrogens is 244 g/mol. The van der Waals surface area contributed by atoms with Crippen molar-refractivity contribution < 1.29 is 8.78 Å². The van der Waals surface area contributed by atoms with Crippen LogP contribution < -0.4 is 5.32 Å². The van der Waals surface area contributed by atoms with E-state index < -0.39 is 5.82 Å². The number of nitrogens with one attached hydrogen (secondary N) is 1. The van der Waals surface area contributed by atoms with Crippen LogP contribution in [0.2, 0.25) is 0 Å². The zero-order valence-electron chi connectivity index (χ0n) is 12.3. The van der Waals surface area contributed by atoms with Crippen LogP contribution in [0.1, 0.15) is 46.2 Å². The molecule has 1 atom stereocenters. The molecule has 0 amide bonds. The van der Waals surface area contributed by atoms with Gasteiger partial charge in [-0.25, -0.2) is 8.78 Å². The molecule has 1 aromatic rings. The van der Waals surface area contributed by atoms with Crippen LogP contribution in [-0.4, -0.2) is 6.54 Å². The van der Waals surface area contributed by atoms with Gasteiger partial charge in [-0.05, 0) is 48.4 Å². The highest BCUT2D eigenvalue weighted by atomic mass is 19.1. The lowest BCUT2D eigenvalue weighted by atomic mass is 10.0. The van der Waals surface area contributed by atoms with Crippen LogP contribution in [0, 0.1) is 28.4 Å². The summed E-state index contributed by atoms with van der Waals surface area (Å²) in [5.74, 6) is -0.174. The SMILES string of the molecule is CC(NCC1C(C)(C)C1(C)C)c1cc(F)ccc1F. The predicted molar refractivity (Wildman–Crippen MR) is 73.8 cm³/mol. The number of benzene rings is 1. The predicted octanol–water partition coefficient (Wildman–Crippen LogP) is 4.30. The molecule has 3 heteroatoms. The Labute approximate surface area is 114 Å². The van der Waals surface area contributed by atoms with Crippen molar-refractivity contribution in [3.8, 4) is 0 Å². The third kappa shape index (κ3) is 2.40. The van der Waals surface area contributed by atoms with Crippen molar-refractivity contribution in [2.24, 2.45) is 16.7 Å². The minimum absolute atomic E-state index is 0.178. The Kier molecular flexibility index (Phi) is 3.46. The zero-order chi connectivity index (χ0) is 14.4. The quantitative estimate of drug-likeness (QED) is 0.857. The van der Waals surface area contributed by atoms with Crippen molar-refractivity contribution in [2.75, 3.05) is 6.54 Å². The topological polar surface area (TPSA) is 12.0 Å². The van der Waals surface area contributed by atoms with Gasteiger partial charge < -0.3 is 5.32 Å². The molecule has 1 aliphatic rings. The minimum atomic E-state index is -0.392. The summed E-state index contributed by atoms with van der Waals surface area (Å²) in [4.78, 5) is 0. The van der Waals surface area contributed by atoms with E-state index in [1.54, 1.807) is 0 Å². The van der Waals surface area contributed by atoms with Gasteiger partial charge in [0.1, 0.15) is 11.6 Å². The average Bonchev–Trinajstić information content (AvgIpc) is 2.70. The molecule has 0 aromatic heterocycles. The summed E-state index contributed by atoms with van der Waals surface area (Å²) in [6, 6.07) is 3.44. The monoisotopic (exact) mass is 267 g/mol. The van der Waals surface area contributed by atoms with Crippen LogP contribution in [0.15, 0.2) is 18.2 Å². The van der Waals surface area contributed by atoms with Crippen LogP contribution in [0.25, 0.3) is 0 Å². The summed E-state index contributed by atoms with van der Waals surface area (Å²) in [7, 11) is 0. The van der Waals surface area contributed by atoms with E-state index >= 15 is 0 Å². The number of rotatable bonds is 4. The number of hydrogen-bond donors (Lipinski definition) is 1. The molecular formula is C16H23F2N. The van der Waals surface area contributed by atoms with Gasteiger partial charge >= 0.3 is 0 Å². The molecule has 1 N–H and O–H groups in total. The van der Waals surface area contributed by atoms with Gasteiger partial charge in [0.2, 0.25) is 0 Å². The van der Waals surface area contributed by atoms with Gasteiger partial charge in [-0.15, -0.1) is 0 Å². The molecule has 1 aromatic carbocycles. The minimum Gasteiger partial charge on any atom is -0.310 e. The fraction of sp³-hybridized carbons (Fsp3) is 0.625. The summed E-state index contributed by atoms with van der Waals surface area (Å²) in [6.45, 7) is 11.7. The maximum atomic E-state index is 13.7. The van der Waals surface area contributed by atoms with E-state index in [9.17, 15) is 8.78 Å². The van der Waals surface area contributed by atoms with E-state index in [0.717, 1.165) is 12.6 Å². The lowest BCUT2D eigenvalue weighted by Gasteiger charge is -2.16. The molecule has 0 radical (unpaired) electrons. The first kappa shape index (κ1) is 14.4. The Morgan fingerprint density at radius 2 is 1.74 bits per heavy atom. The molecule has 1 aliphatic carbocycles. The van der Waals surface area contributed by atoms with E-state index in [4.69, 9.17) is 0 Å². The lowest BCUT2D eigenvalue weighted by molar-refractivity contribution is 0.457. The Balaban J connectivity index is 1.99. The molecule has 0 heterocycles. The van der Waals surface area contributed by atoms with Gasteiger partial charge in [-0.2, -0.15) is 0 Å². The molecule has 106 valence electrons. The molecule has 2 rings (SSSR count). The van der Waals surface area contributed by atoms with Crippen molar-refractivity contribution in [1.82, 2.24) is 5.32 Å². The molecule has 0 saturated heterocycles. The molecule has 0 bridgehead atoms. The second-order valence-electron chi connectivity index (χ2n) is 6.79. The molecule has 19 heavy (non-hydrogen) atoms. The largest absolute Gasteiger partial charge is 0.310 e. The Bertz CT molecular complexity index is 466. The Morgan fingerprint density at radius 3 is 2.26 bits per heavy atom. The van der Waals surface area contributed by atoms with Gasteiger partial charge in [0.05, 0.1) is 0 Å². The molecule has 1 nitrogen and oxygen atoms in total. The van der Waals surface area contributed by atoms with Crippen LogP contribution in [-0.2, 0) is 0 Å². The van der Waals surface area contributed by atoms with Crippen molar-refractivity contribution >= 4 is 0 Å². The average molecular weight is 267 g/mol. The summed E-state index contributed by atoms with van der Waals surface area (Å²) < 4.78 is 26.8. The third-order valence-corrected chi connectivity index (χ3v) is 5.37. The van der Waals surface area contributed by atoms with Crippen molar-refractivity contribution in [1.29, 1.82) is 0 Å². The maximum Gasteiger partial charge on any atom is 0.128 e. The lowest BCUT2D eigenvalue weighted by Crippen LogP contribution is -2.24. The Hall–Kier alpha value is -0.960. The summed E-state index contributed by atoms with van der Waals surface area (Å²) >= 11 is 0. The van der Waals surface area contributed by atoms with Crippen LogP contribution in [0.5, 0.6) is 0 Å². The first-order valence-corrected chi connectivity index (χ1v) is 6.86. The van der Waals surface area contributed by atoms with Gasteiger partial charge in [0.25, 0.3) is 0 Å². The summed E-state index contributed by atoms with van der Waals surface area (Å²) in [5, 5.41) is 3.33. The highest BCUT2D eigenvalue weighted by Crippen LogP contribution is 2.68. The van der Waals surface area contributed by atoms with Gasteiger partial charge in [-0.1, -0.05) is 27.7 Å². The fourth-order valence-corrected chi connectivity index (χ4v) is 3.09. The van der Waals surface area contributed by atoms with Crippen molar-refractivity contribution in [3.63, 3.8) is 0 Å². The maximum absolute atomic E-state index is 13.7. The van der Waals surface area contributed by atoms with E-state index in [1.165, 1.54) is 12.1 Å². The number of halogens is 2. The smallest absolute Gasteiger partial charge is 0.128 e. The normalized spacial score (nSPS) is 22.3. The Morgan fingerprint density at radius 1 is 1.16 bits per heavy atom. The standard InChI is InChI=1S/C16H23F2N/c1-10(12-8-11(17)6-7-13(12)18)19-9-14-15(2,3)16(14,4)5/h6-8,10,14,19H,9H2,1-5H3. The van der Waals surface area contributed by atoms with Crippen LogP contribution >= 0.6 is 0 Å².